The lowest BCUT2D eigenvalue weighted by Gasteiger charge is -2.34. The molecule has 10 nitrogen and oxygen atoms in total. The second-order valence-electron chi connectivity index (χ2n) is 8.94. The molecule has 1 aliphatic heterocycles. The van der Waals surface area contributed by atoms with Gasteiger partial charge in [0.25, 0.3) is 5.91 Å². The molecule has 1 saturated heterocycles. The number of aromatic nitrogens is 4. The van der Waals surface area contributed by atoms with Crippen molar-refractivity contribution in [2.45, 2.75) is 11.8 Å². The molecular weight excluding hydrogens is 524 g/mol. The van der Waals surface area contributed by atoms with Crippen LogP contribution in [0.4, 0.5) is 0 Å². The molecule has 0 saturated carbocycles. The predicted molar refractivity (Wildman–Crippen MR) is 142 cm³/mol. The number of sulfonamides is 1. The van der Waals surface area contributed by atoms with Crippen LogP contribution in [0.3, 0.4) is 0 Å². The monoisotopic (exact) mass is 546 g/mol. The summed E-state index contributed by atoms with van der Waals surface area (Å²) in [6, 6.07) is 19.7. The Morgan fingerprint density at radius 1 is 0.842 bits per heavy atom. The Labute approximate surface area is 222 Å². The summed E-state index contributed by atoms with van der Waals surface area (Å²) in [6.45, 7) is 2.98. The maximum absolute atomic E-state index is 13.3. The average molecular weight is 547 g/mol. The Morgan fingerprint density at radius 2 is 1.47 bits per heavy atom. The molecule has 2 aromatic heterocycles. The Morgan fingerprint density at radius 3 is 2.13 bits per heavy atom. The van der Waals surface area contributed by atoms with Gasteiger partial charge in [0.1, 0.15) is 15.9 Å². The summed E-state index contributed by atoms with van der Waals surface area (Å²) in [5.74, 6) is 0.629. The van der Waals surface area contributed by atoms with Gasteiger partial charge >= 0.3 is 0 Å². The molecule has 0 unspecified atom stereocenters. The van der Waals surface area contributed by atoms with Crippen molar-refractivity contribution in [3.63, 3.8) is 0 Å². The molecule has 3 aromatic carbocycles. The van der Waals surface area contributed by atoms with Gasteiger partial charge in [0, 0.05) is 42.9 Å². The van der Waals surface area contributed by atoms with Gasteiger partial charge in [0.15, 0.2) is 0 Å². The number of benzene rings is 3. The van der Waals surface area contributed by atoms with Crippen LogP contribution in [0.15, 0.2) is 76.0 Å². The molecule has 38 heavy (non-hydrogen) atoms. The first-order valence-electron chi connectivity index (χ1n) is 11.9. The van der Waals surface area contributed by atoms with E-state index in [2.05, 4.69) is 18.9 Å². The van der Waals surface area contributed by atoms with Crippen LogP contribution < -0.4 is 0 Å². The van der Waals surface area contributed by atoms with Crippen LogP contribution in [-0.2, 0) is 10.0 Å². The van der Waals surface area contributed by atoms with Crippen molar-refractivity contribution in [2.75, 3.05) is 26.2 Å². The minimum absolute atomic E-state index is 0.144. The van der Waals surface area contributed by atoms with Gasteiger partial charge in [-0.05, 0) is 55.5 Å². The van der Waals surface area contributed by atoms with E-state index in [0.717, 1.165) is 22.9 Å². The largest absolute Gasteiger partial charge is 0.416 e. The van der Waals surface area contributed by atoms with E-state index in [9.17, 15) is 13.2 Å². The van der Waals surface area contributed by atoms with Crippen LogP contribution >= 0.6 is 11.7 Å². The smallest absolute Gasteiger partial charge is 0.253 e. The Hall–Kier alpha value is -4.00. The normalized spacial score (nSPS) is 14.7. The maximum Gasteiger partial charge on any atom is 0.253 e. The average Bonchev–Trinajstić information content (AvgIpc) is 3.63. The molecule has 0 bridgehead atoms. The lowest BCUT2D eigenvalue weighted by molar-refractivity contribution is 0.0698. The lowest BCUT2D eigenvalue weighted by Crippen LogP contribution is -2.50. The van der Waals surface area contributed by atoms with E-state index in [4.69, 9.17) is 4.42 Å². The number of fused-ring (bicyclic) bond motifs is 1. The molecule has 0 aliphatic carbocycles. The van der Waals surface area contributed by atoms with E-state index in [-0.39, 0.29) is 37.0 Å². The van der Waals surface area contributed by atoms with Crippen LogP contribution in [0.1, 0.15) is 15.9 Å². The summed E-state index contributed by atoms with van der Waals surface area (Å²) in [7, 11) is -3.75. The standard InChI is InChI=1S/C26H22N6O4S2/c1-17-5-7-18(8-6-17)24-27-28-25(36-24)19-9-11-20(12-10-19)26(33)31-13-15-32(16-14-31)38(34,35)22-4-2-3-21-23(22)30-37-29-21/h2-12H,13-16H2,1H3. The van der Waals surface area contributed by atoms with Gasteiger partial charge in [-0.2, -0.15) is 13.1 Å². The zero-order valence-electron chi connectivity index (χ0n) is 20.3. The highest BCUT2D eigenvalue weighted by atomic mass is 32.2. The van der Waals surface area contributed by atoms with Gasteiger partial charge in [-0.25, -0.2) is 8.42 Å². The minimum atomic E-state index is -3.75. The fourth-order valence-electron chi connectivity index (χ4n) is 4.35. The molecule has 0 spiro atoms. The number of piperazine rings is 1. The Balaban J connectivity index is 1.12. The SMILES string of the molecule is Cc1ccc(-c2nnc(-c3ccc(C(=O)N4CCN(S(=O)(=O)c5cccc6nsnc56)CC4)cc3)o2)cc1. The van der Waals surface area contributed by atoms with Crippen LogP contribution in [-0.4, -0.2) is 68.7 Å². The van der Waals surface area contributed by atoms with Crippen LogP contribution in [0, 0.1) is 6.92 Å². The summed E-state index contributed by atoms with van der Waals surface area (Å²) in [5, 5.41) is 8.27. The van der Waals surface area contributed by atoms with Gasteiger partial charge in [-0.3, -0.25) is 4.79 Å². The van der Waals surface area contributed by atoms with Crippen molar-refractivity contribution in [1.29, 1.82) is 0 Å². The quantitative estimate of drug-likeness (QED) is 0.326. The number of amides is 1. The van der Waals surface area contributed by atoms with E-state index < -0.39 is 10.0 Å². The molecule has 1 fully saturated rings. The third-order valence-corrected chi connectivity index (χ3v) is 8.97. The molecule has 12 heteroatoms. The molecule has 1 amide bonds. The van der Waals surface area contributed by atoms with E-state index in [1.165, 1.54) is 4.31 Å². The van der Waals surface area contributed by atoms with Gasteiger partial charge in [0.2, 0.25) is 21.8 Å². The topological polar surface area (TPSA) is 122 Å². The second kappa shape index (κ2) is 9.71. The number of carbonyl (C=O) groups excluding carboxylic acids is 1. The summed E-state index contributed by atoms with van der Waals surface area (Å²) in [4.78, 5) is 14.9. The predicted octanol–water partition coefficient (Wildman–Crippen LogP) is 3.86. The second-order valence-corrected chi connectivity index (χ2v) is 11.4. The molecule has 0 atom stereocenters. The number of rotatable bonds is 5. The first kappa shape index (κ1) is 24.3. The molecule has 3 heterocycles. The third kappa shape index (κ3) is 4.46. The van der Waals surface area contributed by atoms with Gasteiger partial charge in [0.05, 0.1) is 11.7 Å². The fourth-order valence-corrected chi connectivity index (χ4v) is 6.53. The number of hydrogen-bond donors (Lipinski definition) is 0. The summed E-state index contributed by atoms with van der Waals surface area (Å²) in [6.07, 6.45) is 0. The van der Waals surface area contributed by atoms with Crippen molar-refractivity contribution >= 4 is 38.7 Å². The highest BCUT2D eigenvalue weighted by Crippen LogP contribution is 2.27. The Kier molecular flexibility index (Phi) is 6.22. The number of carbonyl (C=O) groups is 1. The molecule has 1 aliphatic rings. The number of hydrogen-bond acceptors (Lipinski definition) is 9. The first-order valence-corrected chi connectivity index (χ1v) is 14.1. The summed E-state index contributed by atoms with van der Waals surface area (Å²) < 4.78 is 42.0. The minimum Gasteiger partial charge on any atom is -0.416 e. The van der Waals surface area contributed by atoms with E-state index >= 15 is 0 Å². The van der Waals surface area contributed by atoms with E-state index in [0.29, 0.717) is 33.9 Å². The summed E-state index contributed by atoms with van der Waals surface area (Å²) >= 11 is 0.983. The van der Waals surface area contributed by atoms with Gasteiger partial charge in [-0.15, -0.1) is 10.2 Å². The number of aryl methyl sites for hydroxylation is 1. The lowest BCUT2D eigenvalue weighted by atomic mass is 10.1. The molecule has 192 valence electrons. The van der Waals surface area contributed by atoms with Crippen molar-refractivity contribution in [3.05, 3.63) is 77.9 Å². The van der Waals surface area contributed by atoms with Crippen molar-refractivity contribution < 1.29 is 17.6 Å². The maximum atomic E-state index is 13.3. The van der Waals surface area contributed by atoms with Crippen molar-refractivity contribution in [2.24, 2.45) is 0 Å². The van der Waals surface area contributed by atoms with Crippen molar-refractivity contribution in [1.82, 2.24) is 28.1 Å². The molecule has 0 N–H and O–H groups in total. The Bertz CT molecular complexity index is 1720. The molecule has 5 aromatic rings. The van der Waals surface area contributed by atoms with E-state index in [1.54, 1.807) is 47.4 Å². The third-order valence-electron chi connectivity index (χ3n) is 6.49. The van der Waals surface area contributed by atoms with E-state index in [1.807, 2.05) is 31.2 Å². The molecule has 6 rings (SSSR count). The van der Waals surface area contributed by atoms with Crippen molar-refractivity contribution in [3.8, 4) is 22.9 Å². The first-order chi connectivity index (χ1) is 18.4. The fraction of sp³-hybridized carbons (Fsp3) is 0.192. The molecule has 0 radical (unpaired) electrons. The highest BCUT2D eigenvalue weighted by Gasteiger charge is 2.32. The zero-order chi connectivity index (χ0) is 26.3. The highest BCUT2D eigenvalue weighted by molar-refractivity contribution is 7.89. The zero-order valence-corrected chi connectivity index (χ0v) is 21.9. The number of nitrogens with zero attached hydrogens (tertiary/aromatic N) is 6. The van der Waals surface area contributed by atoms with Gasteiger partial charge < -0.3 is 9.32 Å². The van der Waals surface area contributed by atoms with Crippen LogP contribution in [0.5, 0.6) is 0 Å². The van der Waals surface area contributed by atoms with Gasteiger partial charge in [-0.1, -0.05) is 23.8 Å². The summed E-state index contributed by atoms with van der Waals surface area (Å²) in [5.41, 5.74) is 4.11. The van der Waals surface area contributed by atoms with Crippen LogP contribution in [0.2, 0.25) is 0 Å². The van der Waals surface area contributed by atoms with Crippen LogP contribution in [0.25, 0.3) is 33.9 Å². The molecular formula is C26H22N6O4S2.